The molecular weight excluding hydrogens is 537 g/mol. The van der Waals surface area contributed by atoms with Gasteiger partial charge in [-0.1, -0.05) is 42.1 Å². The Labute approximate surface area is 233 Å². The van der Waals surface area contributed by atoms with Crippen LogP contribution in [0.3, 0.4) is 0 Å². The van der Waals surface area contributed by atoms with Gasteiger partial charge >= 0.3 is 16.5 Å². The first-order chi connectivity index (χ1) is 18.7. The zero-order valence-electron chi connectivity index (χ0n) is 20.2. The summed E-state index contributed by atoms with van der Waals surface area (Å²) in [5.74, 6) is 0.930. The molecule has 0 saturated heterocycles. The van der Waals surface area contributed by atoms with Gasteiger partial charge in [0, 0.05) is 24.3 Å². The van der Waals surface area contributed by atoms with Crippen LogP contribution in [0, 0.1) is 6.07 Å². The Balaban J connectivity index is 0.000000176. The van der Waals surface area contributed by atoms with E-state index in [1.54, 1.807) is 73.2 Å². The zero-order chi connectivity index (χ0) is 26.2. The van der Waals surface area contributed by atoms with Gasteiger partial charge in [-0.3, -0.25) is 4.98 Å². The van der Waals surface area contributed by atoms with Crippen molar-refractivity contribution in [2.75, 3.05) is 0 Å². The second-order valence-electron chi connectivity index (χ2n) is 7.80. The third-order valence-corrected chi connectivity index (χ3v) is 5.30. The van der Waals surface area contributed by atoms with E-state index in [4.69, 9.17) is 0 Å². The minimum absolute atomic E-state index is 0. The van der Waals surface area contributed by atoms with Crippen molar-refractivity contribution in [2.24, 2.45) is 20.5 Å². The molecule has 3 aromatic heterocycles. The third kappa shape index (κ3) is 6.63. The number of hydrogen-bond donors (Lipinski definition) is 0. The van der Waals surface area contributed by atoms with E-state index in [9.17, 15) is 10.2 Å². The molecule has 0 atom stereocenters. The molecule has 6 rings (SSSR count). The van der Waals surface area contributed by atoms with Gasteiger partial charge in [0.1, 0.15) is 5.69 Å². The monoisotopic (exact) mass is 554 g/mol. The molecule has 0 bridgehead atoms. The number of azo groups is 2. The average molecular weight is 555 g/mol. The molecule has 39 heavy (non-hydrogen) atoms. The summed E-state index contributed by atoms with van der Waals surface area (Å²) in [7, 11) is 0. The van der Waals surface area contributed by atoms with Gasteiger partial charge in [0.05, 0.1) is 5.52 Å². The molecule has 0 saturated carbocycles. The number of hydrogen-bond acceptors (Lipinski definition) is 9. The summed E-state index contributed by atoms with van der Waals surface area (Å²) in [6.07, 6.45) is 4.92. The van der Waals surface area contributed by atoms with Crippen molar-refractivity contribution in [3.8, 4) is 11.5 Å². The smallest absolute Gasteiger partial charge is 0.879 e. The van der Waals surface area contributed by atoms with Crippen molar-refractivity contribution in [1.82, 2.24) is 15.0 Å². The van der Waals surface area contributed by atoms with E-state index in [0.717, 1.165) is 0 Å². The number of rotatable bonds is 4. The molecule has 1 radical (unpaired) electrons. The van der Waals surface area contributed by atoms with Crippen molar-refractivity contribution in [2.45, 2.75) is 0 Å². The van der Waals surface area contributed by atoms with Gasteiger partial charge in [0.25, 0.3) is 0 Å². The van der Waals surface area contributed by atoms with Crippen molar-refractivity contribution < 1.29 is 26.7 Å². The Kier molecular flexibility index (Phi) is 8.95. The van der Waals surface area contributed by atoms with Crippen LogP contribution in [0.2, 0.25) is 0 Å². The van der Waals surface area contributed by atoms with Gasteiger partial charge in [0.15, 0.2) is 11.6 Å². The van der Waals surface area contributed by atoms with Crippen molar-refractivity contribution in [3.63, 3.8) is 0 Å². The minimum atomic E-state index is -0.0695. The first-order valence-corrected chi connectivity index (χ1v) is 11.5. The molecule has 0 aliphatic rings. The van der Waals surface area contributed by atoms with Crippen LogP contribution in [0.5, 0.6) is 11.5 Å². The summed E-state index contributed by atoms with van der Waals surface area (Å²) in [4.78, 5) is 12.3. The third-order valence-electron chi connectivity index (χ3n) is 5.30. The van der Waals surface area contributed by atoms with E-state index < -0.39 is 0 Å². The standard InChI is InChI=1S/C15H10N3O.C14H10N4O.Ni/c19-14-9-8-13(11-5-1-2-6-12(11)14)17-18-15-7-3-4-10-16-15;19-12-7-6-11(14-10(12)4-3-9-16-14)17-18-13-5-1-2-8-15-13;/h1-4,6-10,19H;1-9,19H;/q-1;;+3/p-2. The van der Waals surface area contributed by atoms with Gasteiger partial charge in [0.2, 0.25) is 0 Å². The fourth-order valence-electron chi connectivity index (χ4n) is 3.51. The molecule has 6 aromatic rings. The Morgan fingerprint density at radius 2 is 1.13 bits per heavy atom. The maximum absolute atomic E-state index is 11.7. The number of pyridine rings is 3. The Morgan fingerprint density at radius 1 is 0.538 bits per heavy atom. The van der Waals surface area contributed by atoms with E-state index in [1.807, 2.05) is 24.3 Å². The second kappa shape index (κ2) is 12.9. The fraction of sp³-hybridized carbons (Fsp3) is 0. The molecule has 0 amide bonds. The molecule has 3 aromatic carbocycles. The summed E-state index contributed by atoms with van der Waals surface area (Å²) in [6.45, 7) is 0. The molecule has 10 heteroatoms. The molecule has 0 fully saturated rings. The molecule has 0 spiro atoms. The van der Waals surface area contributed by atoms with Crippen LogP contribution >= 0.6 is 0 Å². The predicted octanol–water partition coefficient (Wildman–Crippen LogP) is 6.64. The molecule has 0 N–H and O–H groups in total. The Morgan fingerprint density at radius 3 is 1.79 bits per heavy atom. The predicted molar refractivity (Wildman–Crippen MR) is 140 cm³/mol. The second-order valence-corrected chi connectivity index (χ2v) is 7.80. The quantitative estimate of drug-likeness (QED) is 0.137. The van der Waals surface area contributed by atoms with Crippen LogP contribution in [0.15, 0.2) is 130 Å². The van der Waals surface area contributed by atoms with Gasteiger partial charge in [-0.25, -0.2) is 9.97 Å². The van der Waals surface area contributed by atoms with Crippen LogP contribution in [0.1, 0.15) is 0 Å². The van der Waals surface area contributed by atoms with Crippen molar-refractivity contribution in [3.05, 3.63) is 116 Å². The number of nitrogens with zero attached hydrogens (tertiary/aromatic N) is 7. The molecular formula is C29H18N7NiO2. The molecule has 3 heterocycles. The Bertz CT molecular complexity index is 1620. The SMILES string of the molecule is [Ni+3].[O-]c1ccc(N=Nc2ccccn2)c2[c-]cccc12.[O-]c1ccc(N=Nc2ccccn2)c2ncccc12. The van der Waals surface area contributed by atoms with Crippen LogP contribution in [0.4, 0.5) is 23.0 Å². The van der Waals surface area contributed by atoms with E-state index in [2.05, 4.69) is 41.5 Å². The number of aromatic nitrogens is 3. The normalized spacial score (nSPS) is 10.9. The molecule has 0 unspecified atom stereocenters. The van der Waals surface area contributed by atoms with Crippen molar-refractivity contribution in [1.29, 1.82) is 0 Å². The summed E-state index contributed by atoms with van der Waals surface area (Å²) in [5.41, 5.74) is 1.72. The minimum Gasteiger partial charge on any atom is -0.879 e. The Hall–Kier alpha value is -5.08. The molecule has 0 aliphatic carbocycles. The summed E-state index contributed by atoms with van der Waals surface area (Å²) in [6, 6.07) is 28.8. The fourth-order valence-corrected chi connectivity index (χ4v) is 3.51. The van der Waals surface area contributed by atoms with Crippen molar-refractivity contribution >= 4 is 44.7 Å². The van der Waals surface area contributed by atoms with Crippen LogP contribution in [-0.2, 0) is 16.5 Å². The zero-order valence-corrected chi connectivity index (χ0v) is 21.1. The van der Waals surface area contributed by atoms with Crippen LogP contribution in [-0.4, -0.2) is 15.0 Å². The van der Waals surface area contributed by atoms with E-state index in [0.29, 0.717) is 44.7 Å². The first kappa shape index (κ1) is 27.0. The largest absolute Gasteiger partial charge is 3.00 e. The topological polar surface area (TPSA) is 134 Å². The van der Waals surface area contributed by atoms with Crippen LogP contribution < -0.4 is 10.2 Å². The molecule has 191 valence electrons. The van der Waals surface area contributed by atoms with Gasteiger partial charge in [-0.15, -0.1) is 56.1 Å². The maximum Gasteiger partial charge on any atom is 3.00 e. The summed E-state index contributed by atoms with van der Waals surface area (Å²) in [5, 5.41) is 41.5. The van der Waals surface area contributed by atoms with Gasteiger partial charge in [-0.05, 0) is 41.8 Å². The van der Waals surface area contributed by atoms with Gasteiger partial charge in [-0.2, -0.15) is 5.11 Å². The molecule has 9 nitrogen and oxygen atoms in total. The van der Waals surface area contributed by atoms with E-state index in [1.165, 1.54) is 12.1 Å². The molecule has 0 aliphatic heterocycles. The summed E-state index contributed by atoms with van der Waals surface area (Å²) < 4.78 is 0. The maximum atomic E-state index is 11.7. The van der Waals surface area contributed by atoms with Gasteiger partial charge < -0.3 is 10.2 Å². The van der Waals surface area contributed by atoms with E-state index in [-0.39, 0.29) is 28.0 Å². The number of benzene rings is 3. The number of fused-ring (bicyclic) bond motifs is 2. The average Bonchev–Trinajstić information content (AvgIpc) is 2.98. The van der Waals surface area contributed by atoms with E-state index >= 15 is 0 Å². The first-order valence-electron chi connectivity index (χ1n) is 11.5. The summed E-state index contributed by atoms with van der Waals surface area (Å²) >= 11 is 0. The van der Waals surface area contributed by atoms with Crippen LogP contribution in [0.25, 0.3) is 21.7 Å².